The second-order valence-electron chi connectivity index (χ2n) is 2.76. The van der Waals surface area contributed by atoms with E-state index in [1.807, 2.05) is 0 Å². The van der Waals surface area contributed by atoms with Crippen LogP contribution >= 0.6 is 51.7 Å². The minimum absolute atomic E-state index is 0.596. The number of halogens is 3. The standard InChI is InChI=1S/C7H8Cl3N2PS2/c8-7(9,10)5-1-3-6(4-2-5)15-13(11,12)14/h1-4H,(H4,11,12,14). The molecule has 0 spiro atoms. The Balaban J connectivity index is 2.87. The van der Waals surface area contributed by atoms with E-state index < -0.39 is 9.33 Å². The summed E-state index contributed by atoms with van der Waals surface area (Å²) in [6.07, 6.45) is 0. The average Bonchev–Trinajstić information content (AvgIpc) is 2.00. The van der Waals surface area contributed by atoms with Crippen molar-refractivity contribution in [3.63, 3.8) is 0 Å². The van der Waals surface area contributed by atoms with Crippen molar-refractivity contribution in [1.82, 2.24) is 0 Å². The van der Waals surface area contributed by atoms with Crippen molar-refractivity contribution in [2.45, 2.75) is 8.69 Å². The van der Waals surface area contributed by atoms with Gasteiger partial charge in [0, 0.05) is 10.5 Å². The van der Waals surface area contributed by atoms with Crippen LogP contribution in [0.1, 0.15) is 5.56 Å². The van der Waals surface area contributed by atoms with E-state index >= 15 is 0 Å². The van der Waals surface area contributed by atoms with Gasteiger partial charge in [0.15, 0.2) is 0 Å². The highest BCUT2D eigenvalue weighted by molar-refractivity contribution is 8.69. The van der Waals surface area contributed by atoms with Crippen molar-refractivity contribution in [3.8, 4) is 0 Å². The molecular formula is C7H8Cl3N2PS2. The third kappa shape index (κ3) is 5.24. The van der Waals surface area contributed by atoms with E-state index in [9.17, 15) is 0 Å². The van der Waals surface area contributed by atoms with Crippen LogP contribution in [0.15, 0.2) is 29.2 Å². The lowest BCUT2D eigenvalue weighted by Gasteiger charge is -2.13. The molecule has 0 heterocycles. The van der Waals surface area contributed by atoms with Crippen LogP contribution in [0.2, 0.25) is 0 Å². The Kier molecular flexibility index (Phi) is 4.79. The molecule has 0 unspecified atom stereocenters. The van der Waals surface area contributed by atoms with Gasteiger partial charge in [-0.05, 0) is 12.1 Å². The van der Waals surface area contributed by atoms with E-state index in [4.69, 9.17) is 57.6 Å². The van der Waals surface area contributed by atoms with Crippen LogP contribution in [0.5, 0.6) is 0 Å². The van der Waals surface area contributed by atoms with Gasteiger partial charge < -0.3 is 0 Å². The second-order valence-corrected chi connectivity index (χ2v) is 11.9. The molecule has 0 fully saturated rings. The molecule has 0 saturated carbocycles. The fourth-order valence-corrected chi connectivity index (χ4v) is 3.96. The molecule has 0 atom stereocenters. The van der Waals surface area contributed by atoms with Crippen LogP contribution in [-0.2, 0) is 15.6 Å². The van der Waals surface area contributed by atoms with Gasteiger partial charge in [-0.15, -0.1) is 0 Å². The number of benzene rings is 1. The maximum absolute atomic E-state index is 5.71. The van der Waals surface area contributed by atoms with Gasteiger partial charge in [0.05, 0.1) is 0 Å². The first-order valence-electron chi connectivity index (χ1n) is 3.72. The van der Waals surface area contributed by atoms with E-state index in [0.717, 1.165) is 4.90 Å². The van der Waals surface area contributed by atoms with Crippen LogP contribution in [0.25, 0.3) is 0 Å². The third-order valence-electron chi connectivity index (χ3n) is 1.43. The summed E-state index contributed by atoms with van der Waals surface area (Å²) >= 11 is 23.3. The Labute approximate surface area is 112 Å². The molecule has 84 valence electrons. The third-order valence-corrected chi connectivity index (χ3v) is 5.01. The van der Waals surface area contributed by atoms with E-state index in [-0.39, 0.29) is 0 Å². The summed E-state index contributed by atoms with van der Waals surface area (Å²) in [5, 5.41) is 0. The Bertz CT molecular complexity index is 384. The van der Waals surface area contributed by atoms with Crippen LogP contribution < -0.4 is 11.0 Å². The maximum Gasteiger partial charge on any atom is 0.216 e. The minimum Gasteiger partial charge on any atom is -0.283 e. The smallest absolute Gasteiger partial charge is 0.216 e. The van der Waals surface area contributed by atoms with Crippen LogP contribution in [0.4, 0.5) is 0 Å². The van der Waals surface area contributed by atoms with Crippen molar-refractivity contribution in [2.75, 3.05) is 0 Å². The number of hydrogen-bond acceptors (Lipinski definition) is 2. The topological polar surface area (TPSA) is 52.0 Å². The lowest BCUT2D eigenvalue weighted by atomic mass is 10.2. The summed E-state index contributed by atoms with van der Waals surface area (Å²) in [4.78, 5) is 0.876. The van der Waals surface area contributed by atoms with Gasteiger partial charge in [0.2, 0.25) is 3.79 Å². The maximum atomic E-state index is 5.71. The minimum atomic E-state index is -2.29. The molecule has 0 radical (unpaired) electrons. The molecule has 0 amide bonds. The molecule has 8 heteroatoms. The number of nitrogens with two attached hydrogens (primary N) is 2. The lowest BCUT2D eigenvalue weighted by Crippen LogP contribution is -2.00. The molecular weight excluding hydrogens is 314 g/mol. The molecule has 0 saturated heterocycles. The van der Waals surface area contributed by atoms with Crippen molar-refractivity contribution in [3.05, 3.63) is 29.8 Å². The van der Waals surface area contributed by atoms with Gasteiger partial charge in [-0.2, -0.15) is 0 Å². The molecule has 2 nitrogen and oxygen atoms in total. The summed E-state index contributed by atoms with van der Waals surface area (Å²) in [5.74, 6) is 0. The fraction of sp³-hybridized carbons (Fsp3) is 0.143. The zero-order valence-electron chi connectivity index (χ0n) is 7.36. The molecule has 1 aromatic carbocycles. The highest BCUT2D eigenvalue weighted by atomic mass is 35.6. The number of rotatable bonds is 2. The highest BCUT2D eigenvalue weighted by Gasteiger charge is 2.22. The quantitative estimate of drug-likeness (QED) is 0.643. The number of hydrogen-bond donors (Lipinski definition) is 2. The predicted molar refractivity (Wildman–Crippen MR) is 74.2 cm³/mol. The van der Waals surface area contributed by atoms with Gasteiger partial charge in [0.1, 0.15) is 5.54 Å². The van der Waals surface area contributed by atoms with E-state index in [0.29, 0.717) is 5.56 Å². The predicted octanol–water partition coefficient (Wildman–Crippen LogP) is 3.75. The first-order valence-corrected chi connectivity index (χ1v) is 9.22. The average molecular weight is 322 g/mol. The fourth-order valence-electron chi connectivity index (χ4n) is 0.870. The summed E-state index contributed by atoms with van der Waals surface area (Å²) in [6.45, 7) is 0. The van der Waals surface area contributed by atoms with Crippen molar-refractivity contribution in [2.24, 2.45) is 11.0 Å². The Morgan fingerprint density at radius 3 is 1.93 bits per heavy atom. The normalized spacial score (nSPS) is 12.9. The summed E-state index contributed by atoms with van der Waals surface area (Å²) in [5.41, 5.74) is 9.46. The van der Waals surface area contributed by atoms with Gasteiger partial charge in [0.25, 0.3) is 0 Å². The van der Waals surface area contributed by atoms with Gasteiger partial charge >= 0.3 is 0 Å². The van der Waals surface area contributed by atoms with Crippen molar-refractivity contribution in [1.29, 1.82) is 0 Å². The monoisotopic (exact) mass is 320 g/mol. The Hall–Kier alpha value is 1.01. The summed E-state index contributed by atoms with van der Waals surface area (Å²) < 4.78 is -1.41. The van der Waals surface area contributed by atoms with Crippen LogP contribution in [0.3, 0.4) is 0 Å². The van der Waals surface area contributed by atoms with Gasteiger partial charge in [-0.3, -0.25) is 11.0 Å². The Morgan fingerprint density at radius 1 is 1.13 bits per heavy atom. The van der Waals surface area contributed by atoms with Gasteiger partial charge in [-0.1, -0.05) is 70.1 Å². The Morgan fingerprint density at radius 2 is 1.60 bits per heavy atom. The van der Waals surface area contributed by atoms with E-state index in [1.165, 1.54) is 11.4 Å². The molecule has 0 aliphatic heterocycles. The molecule has 0 aliphatic rings. The zero-order chi connectivity index (χ0) is 11.7. The zero-order valence-corrected chi connectivity index (χ0v) is 12.2. The van der Waals surface area contributed by atoms with Crippen molar-refractivity contribution >= 4 is 63.5 Å². The second kappa shape index (κ2) is 5.11. The first-order chi connectivity index (χ1) is 6.68. The SMILES string of the molecule is NP(N)(=S)Sc1ccc(C(Cl)(Cl)Cl)cc1. The lowest BCUT2D eigenvalue weighted by molar-refractivity contribution is 1.22. The highest BCUT2D eigenvalue weighted by Crippen LogP contribution is 2.49. The molecule has 4 N–H and O–H groups in total. The van der Waals surface area contributed by atoms with Crippen molar-refractivity contribution < 1.29 is 0 Å². The first kappa shape index (κ1) is 14.1. The van der Waals surface area contributed by atoms with Crippen LogP contribution in [0, 0.1) is 0 Å². The van der Waals surface area contributed by atoms with Crippen LogP contribution in [-0.4, -0.2) is 0 Å². The number of alkyl halides is 3. The molecule has 1 rings (SSSR count). The largest absolute Gasteiger partial charge is 0.283 e. The summed E-state index contributed by atoms with van der Waals surface area (Å²) in [7, 11) is 0. The molecule has 0 aromatic heterocycles. The summed E-state index contributed by atoms with van der Waals surface area (Å²) in [6, 6.07) is 6.98. The van der Waals surface area contributed by atoms with E-state index in [1.54, 1.807) is 24.3 Å². The molecule has 0 bridgehead atoms. The van der Waals surface area contributed by atoms with Gasteiger partial charge in [-0.25, -0.2) is 0 Å². The van der Waals surface area contributed by atoms with E-state index in [2.05, 4.69) is 0 Å². The molecule has 1 aromatic rings. The molecule has 15 heavy (non-hydrogen) atoms. The molecule has 0 aliphatic carbocycles.